The number of hydrogen-bond donors (Lipinski definition) is 1. The molecule has 0 atom stereocenters. The minimum atomic E-state index is 0.664. The van der Waals surface area contributed by atoms with Crippen molar-refractivity contribution < 1.29 is 4.74 Å². The van der Waals surface area contributed by atoms with Crippen molar-refractivity contribution in [2.24, 2.45) is 0 Å². The fourth-order valence-electron chi connectivity index (χ4n) is 1.80. The number of methoxy groups -OCH3 is 1. The number of nitrogens with zero attached hydrogens (tertiary/aromatic N) is 2. The molecule has 1 aromatic carbocycles. The summed E-state index contributed by atoms with van der Waals surface area (Å²) in [4.78, 5) is 11.9. The summed E-state index contributed by atoms with van der Waals surface area (Å²) >= 11 is 0. The number of rotatable bonds is 2. The van der Waals surface area contributed by atoms with E-state index in [1.54, 1.807) is 13.3 Å². The van der Waals surface area contributed by atoms with Crippen molar-refractivity contribution in [3.63, 3.8) is 0 Å². The average Bonchev–Trinajstić information content (AvgIpc) is 2.85. The summed E-state index contributed by atoms with van der Waals surface area (Å²) in [7, 11) is 1.64. The van der Waals surface area contributed by atoms with Crippen molar-refractivity contribution in [3.8, 4) is 17.1 Å². The molecule has 0 spiro atoms. The highest BCUT2D eigenvalue weighted by atomic mass is 16.5. The summed E-state index contributed by atoms with van der Waals surface area (Å²) in [5, 5.41) is 1.00. The molecule has 0 radical (unpaired) electrons. The molecule has 0 bridgehead atoms. The maximum atomic E-state index is 5.30. The first-order valence-corrected chi connectivity index (χ1v) is 5.32. The van der Waals surface area contributed by atoms with E-state index in [4.69, 9.17) is 4.74 Å². The molecular formula is C13H11N3O. The smallest absolute Gasteiger partial charge is 0.165 e. The molecule has 17 heavy (non-hydrogen) atoms. The van der Waals surface area contributed by atoms with Crippen LogP contribution in [0.5, 0.6) is 5.75 Å². The largest absolute Gasteiger partial charge is 0.496 e. The Labute approximate surface area is 98.3 Å². The molecule has 2 aromatic heterocycles. The topological polar surface area (TPSA) is 50.8 Å². The van der Waals surface area contributed by atoms with Crippen LogP contribution in [0.1, 0.15) is 0 Å². The van der Waals surface area contributed by atoms with Crippen LogP contribution >= 0.6 is 0 Å². The predicted molar refractivity (Wildman–Crippen MR) is 65.9 cm³/mol. The van der Waals surface area contributed by atoms with E-state index >= 15 is 0 Å². The maximum absolute atomic E-state index is 5.30. The molecule has 0 aliphatic heterocycles. The molecule has 1 N–H and O–H groups in total. The number of fused-ring (bicyclic) bond motifs is 1. The van der Waals surface area contributed by atoms with Gasteiger partial charge in [0, 0.05) is 17.8 Å². The van der Waals surface area contributed by atoms with Crippen LogP contribution in [0.15, 0.2) is 42.7 Å². The monoisotopic (exact) mass is 225 g/mol. The molecule has 0 unspecified atom stereocenters. The van der Waals surface area contributed by atoms with Crippen LogP contribution in [-0.2, 0) is 0 Å². The fraction of sp³-hybridized carbons (Fsp3) is 0.0769. The van der Waals surface area contributed by atoms with Gasteiger partial charge in [-0.3, -0.25) is 0 Å². The Bertz CT molecular complexity index is 660. The van der Waals surface area contributed by atoms with E-state index in [2.05, 4.69) is 15.0 Å². The van der Waals surface area contributed by atoms with Gasteiger partial charge in [-0.15, -0.1) is 0 Å². The molecule has 0 aliphatic carbocycles. The van der Waals surface area contributed by atoms with Crippen LogP contribution in [-0.4, -0.2) is 22.1 Å². The SMILES string of the molecule is COc1ccccc1-c1ncc2cc[nH]c2n1. The normalized spacial score (nSPS) is 10.6. The minimum absolute atomic E-state index is 0.664. The molecule has 3 rings (SSSR count). The van der Waals surface area contributed by atoms with Crippen molar-refractivity contribution in [2.75, 3.05) is 7.11 Å². The third-order valence-electron chi connectivity index (χ3n) is 2.65. The van der Waals surface area contributed by atoms with Gasteiger partial charge in [0.25, 0.3) is 0 Å². The number of H-pyrrole nitrogens is 1. The van der Waals surface area contributed by atoms with E-state index in [9.17, 15) is 0 Å². The zero-order chi connectivity index (χ0) is 11.7. The first-order chi connectivity index (χ1) is 8.38. The van der Waals surface area contributed by atoms with Gasteiger partial charge in [0.1, 0.15) is 11.4 Å². The maximum Gasteiger partial charge on any atom is 0.165 e. The fourth-order valence-corrected chi connectivity index (χ4v) is 1.80. The van der Waals surface area contributed by atoms with Gasteiger partial charge in [-0.1, -0.05) is 12.1 Å². The van der Waals surface area contributed by atoms with E-state index in [-0.39, 0.29) is 0 Å². The lowest BCUT2D eigenvalue weighted by molar-refractivity contribution is 0.416. The van der Waals surface area contributed by atoms with Crippen molar-refractivity contribution >= 4 is 11.0 Å². The lowest BCUT2D eigenvalue weighted by atomic mass is 10.2. The molecule has 0 saturated carbocycles. The number of nitrogens with one attached hydrogen (secondary N) is 1. The van der Waals surface area contributed by atoms with E-state index in [1.165, 1.54) is 0 Å². The van der Waals surface area contributed by atoms with Gasteiger partial charge >= 0.3 is 0 Å². The summed E-state index contributed by atoms with van der Waals surface area (Å²) in [6, 6.07) is 9.66. The van der Waals surface area contributed by atoms with E-state index in [1.807, 2.05) is 36.5 Å². The number of aromatic amines is 1. The third-order valence-corrected chi connectivity index (χ3v) is 2.65. The molecule has 3 aromatic rings. The van der Waals surface area contributed by atoms with Gasteiger partial charge in [-0.25, -0.2) is 9.97 Å². The molecule has 0 fully saturated rings. The molecular weight excluding hydrogens is 214 g/mol. The summed E-state index contributed by atoms with van der Waals surface area (Å²) in [6.45, 7) is 0. The van der Waals surface area contributed by atoms with Crippen LogP contribution < -0.4 is 4.74 Å². The van der Waals surface area contributed by atoms with Crippen molar-refractivity contribution in [3.05, 3.63) is 42.7 Å². The second-order valence-corrected chi connectivity index (χ2v) is 3.68. The number of aromatic nitrogens is 3. The summed E-state index contributed by atoms with van der Waals surface area (Å²) in [6.07, 6.45) is 3.66. The second-order valence-electron chi connectivity index (χ2n) is 3.68. The Balaban J connectivity index is 2.19. The second kappa shape index (κ2) is 3.90. The zero-order valence-corrected chi connectivity index (χ0v) is 9.34. The van der Waals surface area contributed by atoms with E-state index in [0.717, 1.165) is 22.3 Å². The summed E-state index contributed by atoms with van der Waals surface area (Å²) in [5.74, 6) is 1.44. The van der Waals surface area contributed by atoms with Gasteiger partial charge in [-0.05, 0) is 18.2 Å². The zero-order valence-electron chi connectivity index (χ0n) is 9.34. The van der Waals surface area contributed by atoms with Gasteiger partial charge < -0.3 is 9.72 Å². The minimum Gasteiger partial charge on any atom is -0.496 e. The van der Waals surface area contributed by atoms with Crippen molar-refractivity contribution in [2.45, 2.75) is 0 Å². The summed E-state index contributed by atoms with van der Waals surface area (Å²) in [5.41, 5.74) is 1.73. The quantitative estimate of drug-likeness (QED) is 0.729. The Morgan fingerprint density at radius 1 is 1.18 bits per heavy atom. The molecule has 0 saturated heterocycles. The van der Waals surface area contributed by atoms with Crippen molar-refractivity contribution in [1.29, 1.82) is 0 Å². The highest BCUT2D eigenvalue weighted by Gasteiger charge is 2.08. The van der Waals surface area contributed by atoms with Crippen LogP contribution in [0.2, 0.25) is 0 Å². The van der Waals surface area contributed by atoms with Crippen molar-refractivity contribution in [1.82, 2.24) is 15.0 Å². The Hall–Kier alpha value is -2.36. The first kappa shape index (κ1) is 9.84. The van der Waals surface area contributed by atoms with E-state index < -0.39 is 0 Å². The number of benzene rings is 1. The standard InChI is InChI=1S/C13H11N3O/c1-17-11-5-3-2-4-10(11)13-15-8-9-6-7-14-12(9)16-13/h2-8H,1H3,(H,14,15,16). The highest BCUT2D eigenvalue weighted by molar-refractivity contribution is 5.77. The molecule has 84 valence electrons. The first-order valence-electron chi connectivity index (χ1n) is 5.32. The van der Waals surface area contributed by atoms with Gasteiger partial charge in [-0.2, -0.15) is 0 Å². The Kier molecular flexibility index (Phi) is 2.26. The molecule has 0 amide bonds. The third kappa shape index (κ3) is 1.63. The number of ether oxygens (including phenoxy) is 1. The number of hydrogen-bond acceptors (Lipinski definition) is 3. The van der Waals surface area contributed by atoms with Crippen LogP contribution in [0.25, 0.3) is 22.4 Å². The number of para-hydroxylation sites is 1. The summed E-state index contributed by atoms with van der Waals surface area (Å²) < 4.78 is 5.30. The Morgan fingerprint density at radius 3 is 2.94 bits per heavy atom. The van der Waals surface area contributed by atoms with Gasteiger partial charge in [0.15, 0.2) is 5.82 Å². The molecule has 4 heteroatoms. The van der Waals surface area contributed by atoms with Gasteiger partial charge in [0.05, 0.1) is 12.7 Å². The molecule has 2 heterocycles. The van der Waals surface area contributed by atoms with E-state index in [0.29, 0.717) is 5.82 Å². The lowest BCUT2D eigenvalue weighted by Crippen LogP contribution is -1.92. The average molecular weight is 225 g/mol. The predicted octanol–water partition coefficient (Wildman–Crippen LogP) is 2.63. The Morgan fingerprint density at radius 2 is 2.06 bits per heavy atom. The molecule has 0 aliphatic rings. The van der Waals surface area contributed by atoms with Crippen LogP contribution in [0.3, 0.4) is 0 Å². The lowest BCUT2D eigenvalue weighted by Gasteiger charge is -2.06. The molecule has 4 nitrogen and oxygen atoms in total. The highest BCUT2D eigenvalue weighted by Crippen LogP contribution is 2.27. The van der Waals surface area contributed by atoms with Crippen LogP contribution in [0, 0.1) is 0 Å². The van der Waals surface area contributed by atoms with Gasteiger partial charge in [0.2, 0.25) is 0 Å². The van der Waals surface area contributed by atoms with Crippen LogP contribution in [0.4, 0.5) is 0 Å².